The van der Waals surface area contributed by atoms with E-state index in [1.807, 2.05) is 18.2 Å². The minimum atomic E-state index is -0.0638. The van der Waals surface area contributed by atoms with E-state index in [4.69, 9.17) is 5.73 Å². The number of nitrogens with one attached hydrogen (secondary N) is 1. The summed E-state index contributed by atoms with van der Waals surface area (Å²) in [5.41, 5.74) is 8.29. The van der Waals surface area contributed by atoms with Crippen LogP contribution in [0.4, 0.5) is 17.1 Å². The summed E-state index contributed by atoms with van der Waals surface area (Å²) in [6, 6.07) is 5.67. The van der Waals surface area contributed by atoms with Crippen molar-refractivity contribution in [2.24, 2.45) is 0 Å². The first-order chi connectivity index (χ1) is 7.66. The van der Waals surface area contributed by atoms with Gasteiger partial charge in [-0.15, -0.1) is 0 Å². The fourth-order valence-corrected chi connectivity index (χ4v) is 2.08. The van der Waals surface area contributed by atoms with Gasteiger partial charge in [-0.2, -0.15) is 0 Å². The number of rotatable bonds is 2. The maximum absolute atomic E-state index is 11.1. The average molecular weight is 219 g/mol. The summed E-state index contributed by atoms with van der Waals surface area (Å²) in [5, 5.41) is 2.83. The Labute approximate surface area is 95.4 Å². The maximum Gasteiger partial charge on any atom is 0.221 e. The molecule has 0 spiro atoms. The van der Waals surface area contributed by atoms with Gasteiger partial charge in [-0.3, -0.25) is 4.79 Å². The monoisotopic (exact) mass is 219 g/mol. The molecule has 1 heterocycles. The minimum Gasteiger partial charge on any atom is -0.399 e. The number of nitrogens with two attached hydrogens (primary N) is 1. The Hall–Kier alpha value is -1.71. The van der Waals surface area contributed by atoms with Crippen molar-refractivity contribution in [1.82, 2.24) is 0 Å². The molecule has 1 aliphatic heterocycles. The summed E-state index contributed by atoms with van der Waals surface area (Å²) in [6.45, 7) is 3.62. The lowest BCUT2D eigenvalue weighted by Gasteiger charge is -2.21. The van der Waals surface area contributed by atoms with E-state index in [9.17, 15) is 4.79 Å². The zero-order chi connectivity index (χ0) is 11.5. The number of hydrogen-bond donors (Lipinski definition) is 2. The number of benzene rings is 1. The highest BCUT2D eigenvalue weighted by atomic mass is 16.1. The Kier molecular flexibility index (Phi) is 2.99. The Morgan fingerprint density at radius 2 is 2.06 bits per heavy atom. The van der Waals surface area contributed by atoms with Crippen LogP contribution in [-0.2, 0) is 4.79 Å². The first-order valence-corrected chi connectivity index (χ1v) is 5.59. The zero-order valence-electron chi connectivity index (χ0n) is 9.49. The second kappa shape index (κ2) is 4.43. The van der Waals surface area contributed by atoms with Crippen molar-refractivity contribution in [2.75, 3.05) is 29.0 Å². The van der Waals surface area contributed by atoms with Crippen molar-refractivity contribution in [3.8, 4) is 0 Å². The summed E-state index contributed by atoms with van der Waals surface area (Å²) in [4.78, 5) is 13.4. The minimum absolute atomic E-state index is 0.0638. The topological polar surface area (TPSA) is 58.4 Å². The van der Waals surface area contributed by atoms with E-state index in [2.05, 4.69) is 10.2 Å². The van der Waals surface area contributed by atoms with E-state index in [0.717, 1.165) is 24.5 Å². The second-order valence-corrected chi connectivity index (χ2v) is 4.15. The predicted molar refractivity (Wildman–Crippen MR) is 66.6 cm³/mol. The number of carbonyl (C=O) groups is 1. The third kappa shape index (κ3) is 2.27. The number of nitrogens with zero attached hydrogens (tertiary/aromatic N) is 1. The van der Waals surface area contributed by atoms with Crippen molar-refractivity contribution in [3.63, 3.8) is 0 Å². The van der Waals surface area contributed by atoms with Gasteiger partial charge in [0.2, 0.25) is 5.91 Å². The molecule has 1 aromatic rings. The Morgan fingerprint density at radius 3 is 2.69 bits per heavy atom. The van der Waals surface area contributed by atoms with Gasteiger partial charge in [-0.05, 0) is 31.0 Å². The number of hydrogen-bond acceptors (Lipinski definition) is 3. The first-order valence-electron chi connectivity index (χ1n) is 5.59. The molecule has 2 rings (SSSR count). The molecule has 1 fully saturated rings. The second-order valence-electron chi connectivity index (χ2n) is 4.15. The number of amides is 1. The molecule has 0 radical (unpaired) electrons. The van der Waals surface area contributed by atoms with Crippen molar-refractivity contribution in [2.45, 2.75) is 19.8 Å². The van der Waals surface area contributed by atoms with Gasteiger partial charge in [0.25, 0.3) is 0 Å². The van der Waals surface area contributed by atoms with Crippen LogP contribution in [0.1, 0.15) is 19.8 Å². The van der Waals surface area contributed by atoms with E-state index in [1.165, 1.54) is 19.8 Å². The van der Waals surface area contributed by atoms with Gasteiger partial charge in [-0.1, -0.05) is 0 Å². The van der Waals surface area contributed by atoms with Gasteiger partial charge in [0, 0.05) is 25.7 Å². The molecule has 16 heavy (non-hydrogen) atoms. The van der Waals surface area contributed by atoms with Crippen molar-refractivity contribution in [1.29, 1.82) is 0 Å². The van der Waals surface area contributed by atoms with Gasteiger partial charge in [0.05, 0.1) is 11.4 Å². The van der Waals surface area contributed by atoms with Crippen molar-refractivity contribution >= 4 is 23.0 Å². The molecule has 1 aromatic carbocycles. The standard InChI is InChI=1S/C12H17N3O/c1-9(16)14-11-8-10(13)4-5-12(11)15-6-2-3-7-15/h4-5,8H,2-3,6-7,13H2,1H3,(H,14,16). The molecule has 4 nitrogen and oxygen atoms in total. The normalized spacial score (nSPS) is 15.2. The molecular formula is C12H17N3O. The van der Waals surface area contributed by atoms with Crippen molar-refractivity contribution < 1.29 is 4.79 Å². The maximum atomic E-state index is 11.1. The summed E-state index contributed by atoms with van der Waals surface area (Å²) in [5.74, 6) is -0.0638. The van der Waals surface area contributed by atoms with Gasteiger partial charge < -0.3 is 16.0 Å². The predicted octanol–water partition coefficient (Wildman–Crippen LogP) is 1.83. The number of carbonyl (C=O) groups excluding carboxylic acids is 1. The molecule has 4 heteroatoms. The Bertz CT molecular complexity index is 397. The molecule has 3 N–H and O–H groups in total. The van der Waals surface area contributed by atoms with Gasteiger partial charge in [0.1, 0.15) is 0 Å². The van der Waals surface area contributed by atoms with Gasteiger partial charge >= 0.3 is 0 Å². The van der Waals surface area contributed by atoms with Crippen LogP contribution in [-0.4, -0.2) is 19.0 Å². The summed E-state index contributed by atoms with van der Waals surface area (Å²) < 4.78 is 0. The fourth-order valence-electron chi connectivity index (χ4n) is 2.08. The van der Waals surface area contributed by atoms with Gasteiger partial charge in [-0.25, -0.2) is 0 Å². The molecule has 0 bridgehead atoms. The average Bonchev–Trinajstić information content (AvgIpc) is 2.69. The lowest BCUT2D eigenvalue weighted by Crippen LogP contribution is -2.20. The quantitative estimate of drug-likeness (QED) is 0.746. The lowest BCUT2D eigenvalue weighted by atomic mass is 10.2. The summed E-state index contributed by atoms with van der Waals surface area (Å²) in [7, 11) is 0. The third-order valence-electron chi connectivity index (χ3n) is 2.78. The van der Waals surface area contributed by atoms with E-state index in [1.54, 1.807) is 0 Å². The highest BCUT2D eigenvalue weighted by Crippen LogP contribution is 2.30. The van der Waals surface area contributed by atoms with E-state index in [0.29, 0.717) is 5.69 Å². The molecule has 0 atom stereocenters. The SMILES string of the molecule is CC(=O)Nc1cc(N)ccc1N1CCCC1. The van der Waals surface area contributed by atoms with Crippen LogP contribution in [0.15, 0.2) is 18.2 Å². The molecule has 1 saturated heterocycles. The molecule has 1 amide bonds. The van der Waals surface area contributed by atoms with E-state index in [-0.39, 0.29) is 5.91 Å². The Morgan fingerprint density at radius 1 is 1.38 bits per heavy atom. The van der Waals surface area contributed by atoms with Crippen LogP contribution in [0.5, 0.6) is 0 Å². The highest BCUT2D eigenvalue weighted by molar-refractivity contribution is 5.93. The Balaban J connectivity index is 2.30. The molecule has 0 aromatic heterocycles. The zero-order valence-corrected chi connectivity index (χ0v) is 9.49. The molecule has 86 valence electrons. The molecule has 0 aliphatic carbocycles. The number of anilines is 3. The van der Waals surface area contributed by atoms with Crippen LogP contribution < -0.4 is 16.0 Å². The molecular weight excluding hydrogens is 202 g/mol. The van der Waals surface area contributed by atoms with E-state index < -0.39 is 0 Å². The van der Waals surface area contributed by atoms with Crippen LogP contribution in [0.25, 0.3) is 0 Å². The summed E-state index contributed by atoms with van der Waals surface area (Å²) in [6.07, 6.45) is 2.42. The first kappa shape index (κ1) is 10.8. The van der Waals surface area contributed by atoms with Gasteiger partial charge in [0.15, 0.2) is 0 Å². The van der Waals surface area contributed by atoms with Crippen LogP contribution in [0.3, 0.4) is 0 Å². The third-order valence-corrected chi connectivity index (χ3v) is 2.78. The molecule has 1 aliphatic rings. The fraction of sp³-hybridized carbons (Fsp3) is 0.417. The van der Waals surface area contributed by atoms with Crippen molar-refractivity contribution in [3.05, 3.63) is 18.2 Å². The van der Waals surface area contributed by atoms with E-state index >= 15 is 0 Å². The van der Waals surface area contributed by atoms with Crippen LogP contribution >= 0.6 is 0 Å². The summed E-state index contributed by atoms with van der Waals surface area (Å²) >= 11 is 0. The molecule has 0 unspecified atom stereocenters. The largest absolute Gasteiger partial charge is 0.399 e. The highest BCUT2D eigenvalue weighted by Gasteiger charge is 2.16. The lowest BCUT2D eigenvalue weighted by molar-refractivity contribution is -0.114. The molecule has 0 saturated carbocycles. The number of nitrogen functional groups attached to an aromatic ring is 1. The van der Waals surface area contributed by atoms with Crippen LogP contribution in [0, 0.1) is 0 Å². The smallest absolute Gasteiger partial charge is 0.221 e. The van der Waals surface area contributed by atoms with Crippen LogP contribution in [0.2, 0.25) is 0 Å².